The standard InChI is InChI=1S/C20H25NO3/c22-19(17-8-4-5-9-18(17)20(23)24)21-12-10-16(11-13-21)14-15-6-2-1-3-7-15/h1-7,16-18H,8-14H2,(H,23,24)/t17-,18-/m1/s1. The summed E-state index contributed by atoms with van der Waals surface area (Å²) in [6, 6.07) is 10.5. The molecular weight excluding hydrogens is 302 g/mol. The van der Waals surface area contributed by atoms with E-state index in [4.69, 9.17) is 0 Å². The van der Waals surface area contributed by atoms with Crippen LogP contribution in [0.5, 0.6) is 0 Å². The summed E-state index contributed by atoms with van der Waals surface area (Å²) in [5.41, 5.74) is 1.35. The Hall–Kier alpha value is -2.10. The SMILES string of the molecule is O=C(O)[C@@H]1CC=CC[C@H]1C(=O)N1CCC(Cc2ccccc2)CC1. The molecule has 1 saturated heterocycles. The lowest BCUT2D eigenvalue weighted by atomic mass is 9.81. The molecule has 0 saturated carbocycles. The van der Waals surface area contributed by atoms with E-state index >= 15 is 0 Å². The fraction of sp³-hybridized carbons (Fsp3) is 0.500. The number of carbonyl (C=O) groups is 2. The highest BCUT2D eigenvalue weighted by Crippen LogP contribution is 2.30. The zero-order valence-corrected chi connectivity index (χ0v) is 13.9. The van der Waals surface area contributed by atoms with Gasteiger partial charge in [0.25, 0.3) is 0 Å². The number of carboxylic acids is 1. The maximum Gasteiger partial charge on any atom is 0.307 e. The van der Waals surface area contributed by atoms with Crippen LogP contribution in [-0.2, 0) is 16.0 Å². The van der Waals surface area contributed by atoms with Crippen LogP contribution in [0.2, 0.25) is 0 Å². The Labute approximate surface area is 143 Å². The van der Waals surface area contributed by atoms with Gasteiger partial charge in [0, 0.05) is 13.1 Å². The van der Waals surface area contributed by atoms with Crippen molar-refractivity contribution in [2.45, 2.75) is 32.1 Å². The van der Waals surface area contributed by atoms with E-state index < -0.39 is 17.8 Å². The molecule has 128 valence electrons. The lowest BCUT2D eigenvalue weighted by Gasteiger charge is -2.36. The number of aliphatic carboxylic acids is 1. The highest BCUT2D eigenvalue weighted by Gasteiger charge is 2.37. The summed E-state index contributed by atoms with van der Waals surface area (Å²) in [4.78, 5) is 26.1. The maximum atomic E-state index is 12.8. The minimum absolute atomic E-state index is 0.0323. The number of likely N-dealkylation sites (tertiary alicyclic amines) is 1. The summed E-state index contributed by atoms with van der Waals surface area (Å²) in [6.45, 7) is 1.51. The average Bonchev–Trinajstić information content (AvgIpc) is 2.62. The highest BCUT2D eigenvalue weighted by atomic mass is 16.4. The molecule has 3 rings (SSSR count). The summed E-state index contributed by atoms with van der Waals surface area (Å²) in [7, 11) is 0. The summed E-state index contributed by atoms with van der Waals surface area (Å²) in [5, 5.41) is 9.36. The first-order valence-corrected chi connectivity index (χ1v) is 8.85. The van der Waals surface area contributed by atoms with Crippen LogP contribution >= 0.6 is 0 Å². The van der Waals surface area contributed by atoms with Crippen molar-refractivity contribution in [1.29, 1.82) is 0 Å². The molecule has 0 radical (unpaired) electrons. The molecule has 1 aromatic rings. The van der Waals surface area contributed by atoms with Gasteiger partial charge in [-0.3, -0.25) is 9.59 Å². The molecule has 1 amide bonds. The van der Waals surface area contributed by atoms with Crippen LogP contribution in [0.1, 0.15) is 31.2 Å². The molecule has 24 heavy (non-hydrogen) atoms. The van der Waals surface area contributed by atoms with E-state index in [9.17, 15) is 14.7 Å². The number of piperidine rings is 1. The fourth-order valence-electron chi connectivity index (χ4n) is 3.90. The van der Waals surface area contributed by atoms with E-state index in [1.807, 2.05) is 23.1 Å². The number of hydrogen-bond donors (Lipinski definition) is 1. The van der Waals surface area contributed by atoms with Gasteiger partial charge in [0.15, 0.2) is 0 Å². The average molecular weight is 327 g/mol. The Bertz CT molecular complexity index is 603. The summed E-state index contributed by atoms with van der Waals surface area (Å²) in [6.07, 6.45) is 7.92. The third-order valence-corrected chi connectivity index (χ3v) is 5.36. The molecule has 1 aromatic carbocycles. The second-order valence-electron chi connectivity index (χ2n) is 6.95. The van der Waals surface area contributed by atoms with E-state index in [-0.39, 0.29) is 5.91 Å². The number of rotatable bonds is 4. The third kappa shape index (κ3) is 3.86. The normalized spacial score (nSPS) is 24.8. The first-order chi connectivity index (χ1) is 11.6. The Morgan fingerprint density at radius 3 is 2.25 bits per heavy atom. The van der Waals surface area contributed by atoms with E-state index in [1.54, 1.807) is 0 Å². The molecule has 1 aliphatic heterocycles. The molecule has 1 heterocycles. The highest BCUT2D eigenvalue weighted by molar-refractivity contribution is 5.85. The molecule has 0 spiro atoms. The number of nitrogens with zero attached hydrogens (tertiary/aromatic N) is 1. The number of allylic oxidation sites excluding steroid dienone is 2. The van der Waals surface area contributed by atoms with Gasteiger partial charge in [0.2, 0.25) is 5.91 Å². The second-order valence-corrected chi connectivity index (χ2v) is 6.95. The largest absolute Gasteiger partial charge is 0.481 e. The maximum absolute atomic E-state index is 12.8. The molecule has 4 nitrogen and oxygen atoms in total. The predicted molar refractivity (Wildman–Crippen MR) is 92.4 cm³/mol. The van der Waals surface area contributed by atoms with Gasteiger partial charge in [-0.25, -0.2) is 0 Å². The fourth-order valence-corrected chi connectivity index (χ4v) is 3.90. The van der Waals surface area contributed by atoms with Crippen LogP contribution in [0, 0.1) is 17.8 Å². The second kappa shape index (κ2) is 7.65. The number of carbonyl (C=O) groups excluding carboxylic acids is 1. The van der Waals surface area contributed by atoms with Crippen molar-refractivity contribution in [1.82, 2.24) is 4.90 Å². The Balaban J connectivity index is 1.55. The van der Waals surface area contributed by atoms with Gasteiger partial charge in [0.1, 0.15) is 0 Å². The van der Waals surface area contributed by atoms with Crippen molar-refractivity contribution >= 4 is 11.9 Å². The lowest BCUT2D eigenvalue weighted by molar-refractivity contribution is -0.151. The minimum atomic E-state index is -0.850. The minimum Gasteiger partial charge on any atom is -0.481 e. The van der Waals surface area contributed by atoms with Gasteiger partial charge in [-0.15, -0.1) is 0 Å². The molecule has 2 atom stereocenters. The molecule has 0 aromatic heterocycles. The zero-order chi connectivity index (χ0) is 16.9. The van der Waals surface area contributed by atoms with Crippen molar-refractivity contribution in [3.8, 4) is 0 Å². The van der Waals surface area contributed by atoms with Crippen LogP contribution in [0.3, 0.4) is 0 Å². The van der Waals surface area contributed by atoms with Gasteiger partial charge < -0.3 is 10.0 Å². The van der Waals surface area contributed by atoms with Gasteiger partial charge in [-0.2, -0.15) is 0 Å². The third-order valence-electron chi connectivity index (χ3n) is 5.36. The van der Waals surface area contributed by atoms with Crippen LogP contribution in [0.4, 0.5) is 0 Å². The molecule has 2 aliphatic rings. The van der Waals surface area contributed by atoms with E-state index in [1.165, 1.54) is 5.56 Å². The van der Waals surface area contributed by atoms with Crippen LogP contribution in [0.15, 0.2) is 42.5 Å². The van der Waals surface area contributed by atoms with Gasteiger partial charge in [0.05, 0.1) is 11.8 Å². The van der Waals surface area contributed by atoms with Crippen molar-refractivity contribution in [3.63, 3.8) is 0 Å². The van der Waals surface area contributed by atoms with E-state index in [0.717, 1.165) is 32.4 Å². The summed E-state index contributed by atoms with van der Waals surface area (Å²) in [5.74, 6) is -1.16. The number of amides is 1. The van der Waals surface area contributed by atoms with Crippen molar-refractivity contribution in [2.24, 2.45) is 17.8 Å². The van der Waals surface area contributed by atoms with E-state index in [2.05, 4.69) is 24.3 Å². The predicted octanol–water partition coefficient (Wildman–Crippen LogP) is 3.13. The van der Waals surface area contributed by atoms with Crippen LogP contribution < -0.4 is 0 Å². The number of hydrogen-bond acceptors (Lipinski definition) is 2. The molecule has 1 fully saturated rings. The number of carboxylic acid groups (broad SMARTS) is 1. The van der Waals surface area contributed by atoms with Crippen molar-refractivity contribution < 1.29 is 14.7 Å². The Kier molecular flexibility index (Phi) is 5.34. The molecule has 0 unspecified atom stereocenters. The van der Waals surface area contributed by atoms with Gasteiger partial charge in [-0.05, 0) is 43.6 Å². The molecule has 1 N–H and O–H groups in total. The van der Waals surface area contributed by atoms with Crippen LogP contribution in [-0.4, -0.2) is 35.0 Å². The Morgan fingerprint density at radius 1 is 1.00 bits per heavy atom. The first kappa shape index (κ1) is 16.7. The Morgan fingerprint density at radius 2 is 1.62 bits per heavy atom. The molecule has 4 heteroatoms. The molecule has 0 bridgehead atoms. The summed E-state index contributed by atoms with van der Waals surface area (Å²) >= 11 is 0. The quantitative estimate of drug-likeness (QED) is 0.864. The molecular formula is C20H25NO3. The molecule has 1 aliphatic carbocycles. The topological polar surface area (TPSA) is 57.6 Å². The first-order valence-electron chi connectivity index (χ1n) is 8.85. The van der Waals surface area contributed by atoms with E-state index in [0.29, 0.717) is 18.8 Å². The van der Waals surface area contributed by atoms with Gasteiger partial charge >= 0.3 is 5.97 Å². The summed E-state index contributed by atoms with van der Waals surface area (Å²) < 4.78 is 0. The monoisotopic (exact) mass is 327 g/mol. The van der Waals surface area contributed by atoms with Crippen molar-refractivity contribution in [2.75, 3.05) is 13.1 Å². The lowest BCUT2D eigenvalue weighted by Crippen LogP contribution is -2.45. The van der Waals surface area contributed by atoms with Gasteiger partial charge in [-0.1, -0.05) is 42.5 Å². The van der Waals surface area contributed by atoms with Crippen molar-refractivity contribution in [3.05, 3.63) is 48.0 Å². The smallest absolute Gasteiger partial charge is 0.307 e. The zero-order valence-electron chi connectivity index (χ0n) is 13.9. The van der Waals surface area contributed by atoms with Crippen LogP contribution in [0.25, 0.3) is 0 Å². The number of benzene rings is 1.